The molecule has 0 spiro atoms. The van der Waals surface area contributed by atoms with Gasteiger partial charge in [-0.05, 0) is 56.8 Å². The molecule has 0 aromatic heterocycles. The zero-order chi connectivity index (χ0) is 67.8. The minimum atomic E-state index is 0. The van der Waals surface area contributed by atoms with E-state index in [1.807, 2.05) is 24.3 Å². The zero-order valence-corrected chi connectivity index (χ0v) is 65.4. The van der Waals surface area contributed by atoms with Gasteiger partial charge < -0.3 is 24.8 Å². The first-order chi connectivity index (χ1) is 45.9. The molecule has 0 nitrogen and oxygen atoms in total. The molecule has 0 fully saturated rings. The van der Waals surface area contributed by atoms with E-state index in [4.69, 9.17) is 0 Å². The molecule has 488 valence electrons. The summed E-state index contributed by atoms with van der Waals surface area (Å²) in [6.07, 6.45) is 22.1. The normalized spacial score (nSPS) is 12.7. The first-order valence-electron chi connectivity index (χ1n) is 33.9. The van der Waals surface area contributed by atoms with Gasteiger partial charge in [0.1, 0.15) is 0 Å². The van der Waals surface area contributed by atoms with Crippen LogP contribution in [0.4, 0.5) is 0 Å². The van der Waals surface area contributed by atoms with E-state index in [9.17, 15) is 0 Å². The monoisotopic (exact) mass is 1470 g/mol. The van der Waals surface area contributed by atoms with Crippen LogP contribution in [-0.2, 0) is 83.0 Å². The molecule has 0 unspecified atom stereocenters. The van der Waals surface area contributed by atoms with Gasteiger partial charge in [-0.1, -0.05) is 131 Å². The summed E-state index contributed by atoms with van der Waals surface area (Å²) in [5.74, 6) is 0. The maximum atomic E-state index is 3.67. The molecule has 4 heteroatoms. The molecular formula is C94H88Cl2Zr2-2. The van der Waals surface area contributed by atoms with Crippen LogP contribution in [0.2, 0.25) is 0 Å². The molecular weight excluding hydrogens is 1380 g/mol. The van der Waals surface area contributed by atoms with Gasteiger partial charge >= 0.3 is 290 Å². The van der Waals surface area contributed by atoms with Crippen LogP contribution in [0.3, 0.4) is 0 Å². The molecule has 0 amide bonds. The van der Waals surface area contributed by atoms with Crippen molar-refractivity contribution in [1.29, 1.82) is 0 Å². The summed E-state index contributed by atoms with van der Waals surface area (Å²) in [5.41, 5.74) is 22.7. The maximum absolute atomic E-state index is 3.67. The summed E-state index contributed by atoms with van der Waals surface area (Å²) < 4.78 is 2.81. The molecule has 98 heavy (non-hydrogen) atoms. The molecule has 16 rings (SSSR count). The Bertz CT molecular complexity index is 4340. The molecule has 0 N–H and O–H groups in total. The van der Waals surface area contributed by atoms with Crippen LogP contribution < -0.4 is 24.8 Å². The standard InChI is InChI=1S/2C21H14.2C21H25.2C5H5.2ClH.2Zr/c2*1-3-7-20-14-16(9-11-18(20)5-1)13-17-10-12-19-6-2-4-8-21(19)15-17;2*1-20(2,3)16-7-9-18-14(12-16)11-15-13-17(21(4,5)6)8-10-19(15)18;2*1-2-4-5-3-1;;;;/h2*1-12,14-15H;2*7-10,12H,11H2,1-6H3;2*1-3H,4H2;2*1H;;/q;;4*-1;;;2*+2/p-2. The SMILES string of the molecule is CC(C)(C)c1[c-]c2c(cc1)-c1ccc(C(C)(C)C)cc1C2.CC(C)(C)c1[c-]c2c(cc1)-c1ccc(C(C)(C)C)cc1C2.[C-]1=CC=CC1.[C-]1=CC=CC1.[Cl-].[Cl-].[Zr+2]=[C](c1ccc2ccccc2c1)c1ccc2ccccc2c1.[Zr+2]=[C](c1ccc2ccccc2c1)c1ccc2ccccc2c1. The van der Waals surface area contributed by atoms with E-state index >= 15 is 0 Å². The number of hydrogen-bond donors (Lipinski definition) is 0. The summed E-state index contributed by atoms with van der Waals surface area (Å²) in [6.45, 7) is 27.2. The Hall–Kier alpha value is -7.27. The second-order valence-electron chi connectivity index (χ2n) is 29.6. The molecule has 0 bridgehead atoms. The summed E-state index contributed by atoms with van der Waals surface area (Å²) in [7, 11) is 0. The van der Waals surface area contributed by atoms with Crippen LogP contribution in [0.5, 0.6) is 0 Å². The average molecular weight is 1470 g/mol. The van der Waals surface area contributed by atoms with Gasteiger partial charge in [-0.3, -0.25) is 12.2 Å². The number of fused-ring (bicyclic) bond motifs is 10. The molecule has 0 aliphatic heterocycles. The summed E-state index contributed by atoms with van der Waals surface area (Å²) >= 11 is 2.89. The van der Waals surface area contributed by atoms with Gasteiger partial charge in [-0.15, -0.1) is 35.1 Å². The van der Waals surface area contributed by atoms with E-state index in [-0.39, 0.29) is 46.5 Å². The van der Waals surface area contributed by atoms with Crippen molar-refractivity contribution >= 4 is 49.5 Å². The fourth-order valence-corrected chi connectivity index (χ4v) is 14.0. The molecule has 0 heterocycles. The van der Waals surface area contributed by atoms with E-state index in [1.54, 1.807) is 0 Å². The topological polar surface area (TPSA) is 0 Å². The Morgan fingerprint density at radius 1 is 0.306 bits per heavy atom. The Morgan fingerprint density at radius 2 is 0.592 bits per heavy atom. The van der Waals surface area contributed by atoms with Gasteiger partial charge in [-0.2, -0.15) is 59.7 Å². The van der Waals surface area contributed by atoms with Crippen molar-refractivity contribution in [2.45, 2.75) is 130 Å². The van der Waals surface area contributed by atoms with Gasteiger partial charge in [-0.25, -0.2) is 24.3 Å². The van der Waals surface area contributed by atoms with Gasteiger partial charge in [0.15, 0.2) is 0 Å². The van der Waals surface area contributed by atoms with Crippen LogP contribution in [0.15, 0.2) is 267 Å². The third-order valence-electron chi connectivity index (χ3n) is 18.3. The first-order valence-corrected chi connectivity index (χ1v) is 36.4. The molecule has 0 atom stereocenters. The summed E-state index contributed by atoms with van der Waals surface area (Å²) in [5, 5.41) is 10.4. The van der Waals surface area contributed by atoms with Crippen LogP contribution in [0.1, 0.15) is 163 Å². The number of halogens is 2. The van der Waals surface area contributed by atoms with E-state index in [0.717, 1.165) is 25.7 Å². The summed E-state index contributed by atoms with van der Waals surface area (Å²) in [6, 6.07) is 91.5. The molecule has 12 aromatic carbocycles. The second-order valence-corrected chi connectivity index (χ2v) is 32.1. The van der Waals surface area contributed by atoms with Crippen LogP contribution in [-0.4, -0.2) is 6.41 Å². The molecule has 0 radical (unpaired) electrons. The van der Waals surface area contributed by atoms with Crippen LogP contribution in [0, 0.1) is 24.3 Å². The fraction of sp³-hybridized carbons (Fsp3) is 0.213. The predicted octanol–water partition coefficient (Wildman–Crippen LogP) is 18.1. The second kappa shape index (κ2) is 32.8. The Labute approximate surface area is 627 Å². The molecule has 0 saturated carbocycles. The predicted molar refractivity (Wildman–Crippen MR) is 407 cm³/mol. The average Bonchev–Trinajstić information content (AvgIpc) is 1.48. The third-order valence-corrected chi connectivity index (χ3v) is 21.1. The quantitative estimate of drug-likeness (QED) is 0.154. The van der Waals surface area contributed by atoms with E-state index in [0.29, 0.717) is 0 Å². The number of benzene rings is 12. The number of allylic oxidation sites excluding steroid dienone is 8. The third kappa shape index (κ3) is 18.8. The van der Waals surface area contributed by atoms with Crippen molar-refractivity contribution in [2.24, 2.45) is 0 Å². The van der Waals surface area contributed by atoms with Crippen molar-refractivity contribution in [2.75, 3.05) is 0 Å². The first kappa shape index (κ1) is 74.9. The van der Waals surface area contributed by atoms with Crippen molar-refractivity contribution in [3.05, 3.63) is 358 Å². The fourth-order valence-electron chi connectivity index (χ4n) is 12.4. The van der Waals surface area contributed by atoms with E-state index in [1.165, 1.54) is 187 Å². The molecule has 12 aromatic rings. The molecule has 4 aliphatic rings. The Kier molecular flexibility index (Phi) is 25.1. The van der Waals surface area contributed by atoms with Gasteiger partial charge in [0.2, 0.25) is 0 Å². The number of hydrogen-bond acceptors (Lipinski definition) is 0. The molecule has 0 saturated heterocycles. The van der Waals surface area contributed by atoms with E-state index < -0.39 is 0 Å². The number of rotatable bonds is 4. The van der Waals surface area contributed by atoms with Gasteiger partial charge in [0.25, 0.3) is 0 Å². The van der Waals surface area contributed by atoms with Crippen molar-refractivity contribution in [3.63, 3.8) is 0 Å². The van der Waals surface area contributed by atoms with Crippen LogP contribution in [0.25, 0.3) is 65.3 Å². The zero-order valence-electron chi connectivity index (χ0n) is 59.0. The van der Waals surface area contributed by atoms with Gasteiger partial charge in [0.05, 0.1) is 0 Å². The van der Waals surface area contributed by atoms with E-state index in [2.05, 4.69) is 350 Å². The molecule has 4 aliphatic carbocycles. The van der Waals surface area contributed by atoms with Crippen molar-refractivity contribution in [3.8, 4) is 22.3 Å². The summed E-state index contributed by atoms with van der Waals surface area (Å²) in [4.78, 5) is 0. The van der Waals surface area contributed by atoms with Crippen molar-refractivity contribution < 1.29 is 73.3 Å². The van der Waals surface area contributed by atoms with Crippen molar-refractivity contribution in [1.82, 2.24) is 0 Å². The Morgan fingerprint density at radius 3 is 0.837 bits per heavy atom. The van der Waals surface area contributed by atoms with Gasteiger partial charge in [0, 0.05) is 0 Å². The Balaban J connectivity index is 0.000000144. The minimum absolute atomic E-state index is 0. The van der Waals surface area contributed by atoms with Crippen LogP contribution >= 0.6 is 0 Å².